The molecule has 1 aliphatic heterocycles. The maximum atomic E-state index is 11.8. The number of nitrogens with zero attached hydrogens (tertiary/aromatic N) is 1. The van der Waals surface area contributed by atoms with Crippen molar-refractivity contribution < 1.29 is 14.9 Å². The highest BCUT2D eigenvalue weighted by molar-refractivity contribution is 7.99. The van der Waals surface area contributed by atoms with Gasteiger partial charge in [0.1, 0.15) is 12.2 Å². The van der Waals surface area contributed by atoms with Gasteiger partial charge in [-0.05, 0) is 6.92 Å². The molecule has 1 aliphatic rings. The molecule has 2 heterocycles. The summed E-state index contributed by atoms with van der Waals surface area (Å²) >= 11 is 1.50. The van der Waals surface area contributed by atoms with Gasteiger partial charge in [0.2, 0.25) is 0 Å². The van der Waals surface area contributed by atoms with Gasteiger partial charge in [-0.2, -0.15) is 11.8 Å². The number of aromatic amines is 1. The Kier molecular flexibility index (Phi) is 5.47. The SMILES string of the molecule is C#CCCSC[C@@H]1O[C@H](n2cc(C)c(=O)[nH]c2=O)[C@@H](O)[C@H]1O. The summed E-state index contributed by atoms with van der Waals surface area (Å²) in [4.78, 5) is 25.4. The minimum atomic E-state index is -1.25. The molecule has 4 atom stereocenters. The molecular weight excluding hydrogens is 308 g/mol. The van der Waals surface area contributed by atoms with Gasteiger partial charge in [-0.3, -0.25) is 14.3 Å². The van der Waals surface area contributed by atoms with E-state index in [1.54, 1.807) is 6.92 Å². The molecule has 22 heavy (non-hydrogen) atoms. The molecule has 0 radical (unpaired) electrons. The van der Waals surface area contributed by atoms with Crippen LogP contribution in [-0.4, -0.2) is 49.6 Å². The lowest BCUT2D eigenvalue weighted by molar-refractivity contribution is -0.0341. The average molecular weight is 326 g/mol. The van der Waals surface area contributed by atoms with Crippen molar-refractivity contribution in [2.24, 2.45) is 0 Å². The summed E-state index contributed by atoms with van der Waals surface area (Å²) in [6, 6.07) is 0. The summed E-state index contributed by atoms with van der Waals surface area (Å²) in [6.07, 6.45) is 3.09. The molecule has 7 nitrogen and oxygen atoms in total. The molecule has 3 N–H and O–H groups in total. The number of thioether (sulfide) groups is 1. The number of H-pyrrole nitrogens is 1. The Balaban J connectivity index is 2.13. The van der Waals surface area contributed by atoms with Crippen LogP contribution in [0, 0.1) is 19.3 Å². The van der Waals surface area contributed by atoms with Crippen LogP contribution in [0.5, 0.6) is 0 Å². The number of ether oxygens (including phenoxy) is 1. The standard InChI is InChI=1S/C14H18N2O5S/c1-3-4-5-22-7-9-10(17)11(18)13(21-9)16-6-8(2)12(19)15-14(16)20/h1,6,9-11,13,17-18H,4-5,7H2,2H3,(H,15,19,20)/t9-,10-,11-,13-/m0/s1. The zero-order valence-corrected chi connectivity index (χ0v) is 12.9. The molecule has 0 aliphatic carbocycles. The van der Waals surface area contributed by atoms with Crippen molar-refractivity contribution in [3.05, 3.63) is 32.6 Å². The first-order valence-electron chi connectivity index (χ1n) is 6.80. The Morgan fingerprint density at radius 2 is 2.18 bits per heavy atom. The summed E-state index contributed by atoms with van der Waals surface area (Å²) in [7, 11) is 0. The smallest absolute Gasteiger partial charge is 0.330 e. The highest BCUT2D eigenvalue weighted by Gasteiger charge is 2.43. The van der Waals surface area contributed by atoms with Crippen LogP contribution in [0.15, 0.2) is 15.8 Å². The van der Waals surface area contributed by atoms with Crippen LogP contribution in [-0.2, 0) is 4.74 Å². The van der Waals surface area contributed by atoms with Crippen LogP contribution in [0.1, 0.15) is 18.2 Å². The fourth-order valence-electron chi connectivity index (χ4n) is 2.20. The van der Waals surface area contributed by atoms with Crippen LogP contribution >= 0.6 is 11.8 Å². The molecule has 0 saturated carbocycles. The fraction of sp³-hybridized carbons (Fsp3) is 0.571. The van der Waals surface area contributed by atoms with Gasteiger partial charge in [0, 0.05) is 29.7 Å². The number of terminal acetylenes is 1. The van der Waals surface area contributed by atoms with Gasteiger partial charge >= 0.3 is 5.69 Å². The molecule has 120 valence electrons. The van der Waals surface area contributed by atoms with Gasteiger partial charge in [0.25, 0.3) is 5.56 Å². The normalized spacial score (nSPS) is 27.7. The van der Waals surface area contributed by atoms with E-state index in [4.69, 9.17) is 11.2 Å². The minimum Gasteiger partial charge on any atom is -0.387 e. The molecule has 0 bridgehead atoms. The lowest BCUT2D eigenvalue weighted by Gasteiger charge is -2.17. The zero-order valence-electron chi connectivity index (χ0n) is 12.1. The van der Waals surface area contributed by atoms with E-state index in [9.17, 15) is 19.8 Å². The second-order valence-corrected chi connectivity index (χ2v) is 6.20. The Morgan fingerprint density at radius 3 is 2.86 bits per heavy atom. The van der Waals surface area contributed by atoms with E-state index in [2.05, 4.69) is 10.9 Å². The molecule has 8 heteroatoms. The number of hydrogen-bond donors (Lipinski definition) is 3. The van der Waals surface area contributed by atoms with Gasteiger partial charge < -0.3 is 14.9 Å². The predicted octanol–water partition coefficient (Wildman–Crippen LogP) is -0.779. The van der Waals surface area contributed by atoms with E-state index in [0.29, 0.717) is 17.7 Å². The number of nitrogens with one attached hydrogen (secondary N) is 1. The van der Waals surface area contributed by atoms with Crippen molar-refractivity contribution in [3.63, 3.8) is 0 Å². The van der Waals surface area contributed by atoms with Crippen molar-refractivity contribution in [1.29, 1.82) is 0 Å². The summed E-state index contributed by atoms with van der Waals surface area (Å²) < 4.78 is 6.69. The third-order valence-corrected chi connectivity index (χ3v) is 4.49. The Morgan fingerprint density at radius 1 is 1.45 bits per heavy atom. The highest BCUT2D eigenvalue weighted by atomic mass is 32.2. The molecule has 0 unspecified atom stereocenters. The molecule has 0 spiro atoms. The largest absolute Gasteiger partial charge is 0.387 e. The van der Waals surface area contributed by atoms with Crippen molar-refractivity contribution in [3.8, 4) is 12.3 Å². The molecule has 0 aromatic carbocycles. The number of aliphatic hydroxyl groups excluding tert-OH is 2. The van der Waals surface area contributed by atoms with Gasteiger partial charge in [-0.15, -0.1) is 12.3 Å². The van der Waals surface area contributed by atoms with E-state index in [0.717, 1.165) is 10.3 Å². The molecule has 1 aromatic rings. The van der Waals surface area contributed by atoms with Crippen LogP contribution in [0.2, 0.25) is 0 Å². The van der Waals surface area contributed by atoms with E-state index in [-0.39, 0.29) is 0 Å². The first-order valence-corrected chi connectivity index (χ1v) is 7.96. The van der Waals surface area contributed by atoms with E-state index >= 15 is 0 Å². The molecule has 1 aromatic heterocycles. The summed E-state index contributed by atoms with van der Waals surface area (Å²) in [6.45, 7) is 1.54. The first-order chi connectivity index (χ1) is 10.5. The monoisotopic (exact) mass is 326 g/mol. The molecule has 1 fully saturated rings. The van der Waals surface area contributed by atoms with Crippen LogP contribution in [0.3, 0.4) is 0 Å². The number of aryl methyl sites for hydroxylation is 1. The topological polar surface area (TPSA) is 105 Å². The van der Waals surface area contributed by atoms with E-state index in [1.165, 1.54) is 18.0 Å². The minimum absolute atomic E-state index is 0.316. The van der Waals surface area contributed by atoms with Crippen LogP contribution < -0.4 is 11.2 Å². The molecule has 1 saturated heterocycles. The number of hydrogen-bond acceptors (Lipinski definition) is 6. The van der Waals surface area contributed by atoms with Gasteiger partial charge in [-0.25, -0.2) is 4.79 Å². The van der Waals surface area contributed by atoms with Crippen molar-refractivity contribution in [2.45, 2.75) is 37.9 Å². The second-order valence-electron chi connectivity index (χ2n) is 5.05. The van der Waals surface area contributed by atoms with E-state index < -0.39 is 35.8 Å². The van der Waals surface area contributed by atoms with Gasteiger partial charge in [-0.1, -0.05) is 0 Å². The Hall–Kier alpha value is -1.53. The first kappa shape index (κ1) is 16.8. The molecule has 2 rings (SSSR count). The summed E-state index contributed by atoms with van der Waals surface area (Å²) in [5.74, 6) is 3.69. The molecular formula is C14H18N2O5S. The molecule has 0 amide bonds. The summed E-state index contributed by atoms with van der Waals surface area (Å²) in [5, 5.41) is 20.1. The third kappa shape index (κ3) is 3.44. The average Bonchev–Trinajstić information content (AvgIpc) is 2.76. The predicted molar refractivity (Wildman–Crippen MR) is 82.8 cm³/mol. The Labute approximate surface area is 131 Å². The number of rotatable bonds is 5. The number of aromatic nitrogens is 2. The lowest BCUT2D eigenvalue weighted by Crippen LogP contribution is -2.38. The van der Waals surface area contributed by atoms with Crippen molar-refractivity contribution >= 4 is 11.8 Å². The van der Waals surface area contributed by atoms with Crippen molar-refractivity contribution in [1.82, 2.24) is 9.55 Å². The maximum absolute atomic E-state index is 11.8. The van der Waals surface area contributed by atoms with E-state index in [1.807, 2.05) is 0 Å². The highest BCUT2D eigenvalue weighted by Crippen LogP contribution is 2.30. The van der Waals surface area contributed by atoms with Crippen molar-refractivity contribution in [2.75, 3.05) is 11.5 Å². The number of aliphatic hydroxyl groups is 2. The fourth-order valence-corrected chi connectivity index (χ4v) is 3.14. The van der Waals surface area contributed by atoms with Gasteiger partial charge in [0.15, 0.2) is 6.23 Å². The lowest BCUT2D eigenvalue weighted by atomic mass is 10.1. The third-order valence-electron chi connectivity index (χ3n) is 3.43. The second kappa shape index (κ2) is 7.15. The Bertz CT molecular complexity index is 677. The quantitative estimate of drug-likeness (QED) is 0.484. The van der Waals surface area contributed by atoms with Crippen LogP contribution in [0.4, 0.5) is 0 Å². The van der Waals surface area contributed by atoms with Crippen LogP contribution in [0.25, 0.3) is 0 Å². The van der Waals surface area contributed by atoms with Gasteiger partial charge in [0.05, 0.1) is 6.10 Å². The maximum Gasteiger partial charge on any atom is 0.330 e. The summed E-state index contributed by atoms with van der Waals surface area (Å²) in [5.41, 5.74) is -0.861. The zero-order chi connectivity index (χ0) is 16.3.